The SMILES string of the molecule is CC[C@H](C)[C@H](NC(=O)CNC(=O)CN)C(=O)N1CCC[C@H]1C(=O)O. The normalized spacial score (nSPS) is 19.5. The second-order valence-electron chi connectivity index (χ2n) is 5.94. The summed E-state index contributed by atoms with van der Waals surface area (Å²) in [7, 11) is 0. The van der Waals surface area contributed by atoms with Gasteiger partial charge in [-0.05, 0) is 18.8 Å². The highest BCUT2D eigenvalue weighted by Crippen LogP contribution is 2.21. The second-order valence-corrected chi connectivity index (χ2v) is 5.94. The van der Waals surface area contributed by atoms with Crippen molar-refractivity contribution in [2.75, 3.05) is 19.6 Å². The van der Waals surface area contributed by atoms with Gasteiger partial charge in [-0.3, -0.25) is 14.4 Å². The molecule has 3 atom stereocenters. The summed E-state index contributed by atoms with van der Waals surface area (Å²) < 4.78 is 0. The van der Waals surface area contributed by atoms with E-state index in [4.69, 9.17) is 5.73 Å². The number of nitrogens with zero attached hydrogens (tertiary/aromatic N) is 1. The van der Waals surface area contributed by atoms with Gasteiger partial charge in [0.25, 0.3) is 0 Å². The molecule has 0 unspecified atom stereocenters. The van der Waals surface area contributed by atoms with Crippen LogP contribution in [0.1, 0.15) is 33.1 Å². The number of nitrogens with one attached hydrogen (secondary N) is 2. The van der Waals surface area contributed by atoms with Gasteiger partial charge in [-0.15, -0.1) is 0 Å². The Kier molecular flexibility index (Phi) is 7.63. The van der Waals surface area contributed by atoms with Crippen molar-refractivity contribution in [1.82, 2.24) is 15.5 Å². The minimum absolute atomic E-state index is 0.165. The zero-order valence-corrected chi connectivity index (χ0v) is 14.1. The lowest BCUT2D eigenvalue weighted by Crippen LogP contribution is -2.55. The van der Waals surface area contributed by atoms with Gasteiger partial charge in [0.15, 0.2) is 0 Å². The highest BCUT2D eigenvalue weighted by molar-refractivity contribution is 5.92. The molecular formula is C15H26N4O5. The number of hydrogen-bond donors (Lipinski definition) is 4. The van der Waals surface area contributed by atoms with Crippen molar-refractivity contribution >= 4 is 23.7 Å². The Morgan fingerprint density at radius 2 is 1.96 bits per heavy atom. The molecular weight excluding hydrogens is 316 g/mol. The Bertz CT molecular complexity index is 496. The van der Waals surface area contributed by atoms with Gasteiger partial charge < -0.3 is 26.4 Å². The van der Waals surface area contributed by atoms with Crippen LogP contribution in [0.25, 0.3) is 0 Å². The Labute approximate surface area is 140 Å². The van der Waals surface area contributed by atoms with Crippen LogP contribution in [0.4, 0.5) is 0 Å². The zero-order valence-electron chi connectivity index (χ0n) is 14.1. The minimum atomic E-state index is -1.04. The number of carbonyl (C=O) groups excluding carboxylic acids is 3. The minimum Gasteiger partial charge on any atom is -0.480 e. The molecule has 1 aliphatic heterocycles. The van der Waals surface area contributed by atoms with Gasteiger partial charge in [-0.2, -0.15) is 0 Å². The third kappa shape index (κ3) is 5.19. The molecule has 1 saturated heterocycles. The maximum absolute atomic E-state index is 12.7. The molecule has 0 aromatic rings. The van der Waals surface area contributed by atoms with Crippen LogP contribution in [0, 0.1) is 5.92 Å². The van der Waals surface area contributed by atoms with Crippen LogP contribution in [-0.2, 0) is 19.2 Å². The largest absolute Gasteiger partial charge is 0.480 e. The van der Waals surface area contributed by atoms with Crippen molar-refractivity contribution in [2.24, 2.45) is 11.7 Å². The molecule has 0 aliphatic carbocycles. The number of nitrogens with two attached hydrogens (primary N) is 1. The Balaban J connectivity index is 2.77. The molecule has 1 fully saturated rings. The molecule has 9 heteroatoms. The summed E-state index contributed by atoms with van der Waals surface area (Å²) in [6, 6.07) is -1.67. The van der Waals surface area contributed by atoms with Crippen molar-refractivity contribution in [3.63, 3.8) is 0 Å². The molecule has 0 radical (unpaired) electrons. The van der Waals surface area contributed by atoms with E-state index in [0.717, 1.165) is 0 Å². The third-order valence-corrected chi connectivity index (χ3v) is 4.25. The second kappa shape index (κ2) is 9.21. The lowest BCUT2D eigenvalue weighted by atomic mass is 9.97. The van der Waals surface area contributed by atoms with Gasteiger partial charge in [-0.1, -0.05) is 20.3 Å². The fourth-order valence-electron chi connectivity index (χ4n) is 2.62. The third-order valence-electron chi connectivity index (χ3n) is 4.25. The molecule has 1 rings (SSSR count). The van der Waals surface area contributed by atoms with Crippen molar-refractivity contribution in [1.29, 1.82) is 0 Å². The summed E-state index contributed by atoms with van der Waals surface area (Å²) in [5.41, 5.74) is 5.14. The van der Waals surface area contributed by atoms with Gasteiger partial charge in [0, 0.05) is 6.54 Å². The van der Waals surface area contributed by atoms with Crippen LogP contribution in [0.15, 0.2) is 0 Å². The number of aliphatic carboxylic acids is 1. The van der Waals surface area contributed by atoms with E-state index in [0.29, 0.717) is 25.8 Å². The fourth-order valence-corrected chi connectivity index (χ4v) is 2.62. The zero-order chi connectivity index (χ0) is 18.3. The van der Waals surface area contributed by atoms with E-state index in [2.05, 4.69) is 10.6 Å². The molecule has 24 heavy (non-hydrogen) atoms. The first-order valence-electron chi connectivity index (χ1n) is 8.11. The van der Waals surface area contributed by atoms with Crippen molar-refractivity contribution in [2.45, 2.75) is 45.2 Å². The number of amides is 3. The molecule has 5 N–H and O–H groups in total. The van der Waals surface area contributed by atoms with Gasteiger partial charge in [0.05, 0.1) is 13.1 Å². The van der Waals surface area contributed by atoms with E-state index in [9.17, 15) is 24.3 Å². The van der Waals surface area contributed by atoms with Crippen molar-refractivity contribution in [3.8, 4) is 0 Å². The van der Waals surface area contributed by atoms with Crippen LogP contribution in [0.3, 0.4) is 0 Å². The summed E-state index contributed by atoms with van der Waals surface area (Å²) in [6.07, 6.45) is 1.67. The summed E-state index contributed by atoms with van der Waals surface area (Å²) >= 11 is 0. The van der Waals surface area contributed by atoms with E-state index in [1.54, 1.807) is 0 Å². The quantitative estimate of drug-likeness (QED) is 0.430. The Morgan fingerprint density at radius 1 is 1.29 bits per heavy atom. The summed E-state index contributed by atoms with van der Waals surface area (Å²) in [4.78, 5) is 48.4. The Morgan fingerprint density at radius 3 is 2.50 bits per heavy atom. The van der Waals surface area contributed by atoms with Crippen LogP contribution in [0.2, 0.25) is 0 Å². The molecule has 1 aliphatic rings. The molecule has 0 aromatic heterocycles. The molecule has 0 aromatic carbocycles. The molecule has 136 valence electrons. The van der Waals surface area contributed by atoms with Crippen LogP contribution < -0.4 is 16.4 Å². The molecule has 0 saturated carbocycles. The number of likely N-dealkylation sites (tertiary alicyclic amines) is 1. The number of carbonyl (C=O) groups is 4. The smallest absolute Gasteiger partial charge is 0.326 e. The topological polar surface area (TPSA) is 142 Å². The summed E-state index contributed by atoms with van der Waals surface area (Å²) in [6.45, 7) is 3.55. The number of carboxylic acid groups (broad SMARTS) is 1. The number of carboxylic acids is 1. The van der Waals surface area contributed by atoms with E-state index in [-0.39, 0.29) is 19.0 Å². The fraction of sp³-hybridized carbons (Fsp3) is 0.733. The van der Waals surface area contributed by atoms with Crippen LogP contribution >= 0.6 is 0 Å². The lowest BCUT2D eigenvalue weighted by Gasteiger charge is -2.30. The maximum Gasteiger partial charge on any atom is 0.326 e. The highest BCUT2D eigenvalue weighted by atomic mass is 16.4. The first-order valence-corrected chi connectivity index (χ1v) is 8.11. The monoisotopic (exact) mass is 342 g/mol. The lowest BCUT2D eigenvalue weighted by molar-refractivity contribution is -0.150. The first-order chi connectivity index (χ1) is 11.3. The number of rotatable bonds is 8. The number of hydrogen-bond acceptors (Lipinski definition) is 5. The molecule has 1 heterocycles. The Hall–Kier alpha value is -2.16. The highest BCUT2D eigenvalue weighted by Gasteiger charge is 2.39. The standard InChI is InChI=1S/C15H26N4O5/c1-3-9(2)13(18-12(21)8-17-11(20)7-16)14(22)19-6-4-5-10(19)15(23)24/h9-10,13H,3-8,16H2,1-2H3,(H,17,20)(H,18,21)(H,23,24)/t9-,10-,13-/m0/s1. The van der Waals surface area contributed by atoms with E-state index < -0.39 is 35.8 Å². The average Bonchev–Trinajstić information content (AvgIpc) is 3.06. The van der Waals surface area contributed by atoms with E-state index in [1.807, 2.05) is 13.8 Å². The molecule has 9 nitrogen and oxygen atoms in total. The summed E-state index contributed by atoms with van der Waals surface area (Å²) in [5.74, 6) is -2.58. The van der Waals surface area contributed by atoms with Gasteiger partial charge in [0.1, 0.15) is 12.1 Å². The van der Waals surface area contributed by atoms with Gasteiger partial charge in [-0.25, -0.2) is 4.79 Å². The molecule has 3 amide bonds. The van der Waals surface area contributed by atoms with E-state index in [1.165, 1.54) is 4.90 Å². The van der Waals surface area contributed by atoms with E-state index >= 15 is 0 Å². The predicted molar refractivity (Wildman–Crippen MR) is 85.8 cm³/mol. The maximum atomic E-state index is 12.7. The predicted octanol–water partition coefficient (Wildman–Crippen LogP) is -1.33. The van der Waals surface area contributed by atoms with Crippen LogP contribution in [-0.4, -0.2) is 65.4 Å². The molecule has 0 bridgehead atoms. The van der Waals surface area contributed by atoms with Crippen molar-refractivity contribution in [3.05, 3.63) is 0 Å². The summed E-state index contributed by atoms with van der Waals surface area (Å²) in [5, 5.41) is 14.2. The first kappa shape index (κ1) is 19.9. The van der Waals surface area contributed by atoms with Crippen molar-refractivity contribution < 1.29 is 24.3 Å². The van der Waals surface area contributed by atoms with Gasteiger partial charge >= 0.3 is 5.97 Å². The average molecular weight is 342 g/mol. The van der Waals surface area contributed by atoms with Crippen LogP contribution in [0.5, 0.6) is 0 Å². The molecule has 0 spiro atoms. The van der Waals surface area contributed by atoms with Gasteiger partial charge in [0.2, 0.25) is 17.7 Å².